The molecule has 0 spiro atoms. The normalized spacial score (nSPS) is 14.5. The summed E-state index contributed by atoms with van der Waals surface area (Å²) in [5.41, 5.74) is 1.19. The van der Waals surface area contributed by atoms with Gasteiger partial charge in [-0.2, -0.15) is 0 Å². The van der Waals surface area contributed by atoms with E-state index in [0.29, 0.717) is 12.0 Å². The molecule has 0 bridgehead atoms. The average Bonchev–Trinajstić information content (AvgIpc) is 2.65. The summed E-state index contributed by atoms with van der Waals surface area (Å²) in [6.45, 7) is 5.89. The van der Waals surface area contributed by atoms with E-state index in [1.54, 1.807) is 12.3 Å². The molecule has 4 nitrogen and oxygen atoms in total. The summed E-state index contributed by atoms with van der Waals surface area (Å²) in [4.78, 5) is 14.9. The van der Waals surface area contributed by atoms with Gasteiger partial charge >= 0.3 is 0 Å². The summed E-state index contributed by atoms with van der Waals surface area (Å²) in [5, 5.41) is 11.9. The number of hydrogen-bond donors (Lipinski definition) is 3. The topological polar surface area (TPSA) is 65.1 Å². The third-order valence-electron chi connectivity index (χ3n) is 3.06. The van der Waals surface area contributed by atoms with Gasteiger partial charge in [-0.05, 0) is 32.8 Å². The Morgan fingerprint density at radius 1 is 1.62 bits per heavy atom. The Labute approximate surface area is 96.1 Å². The van der Waals surface area contributed by atoms with Crippen molar-refractivity contribution < 1.29 is 9.90 Å². The summed E-state index contributed by atoms with van der Waals surface area (Å²) in [7, 11) is 0. The lowest BCUT2D eigenvalue weighted by Gasteiger charge is -2.28. The van der Waals surface area contributed by atoms with Crippen LogP contribution in [0.25, 0.3) is 0 Å². The number of carbonyl (C=O) groups is 1. The van der Waals surface area contributed by atoms with Crippen LogP contribution in [0.1, 0.15) is 42.7 Å². The Kier molecular flexibility index (Phi) is 4.12. The van der Waals surface area contributed by atoms with Gasteiger partial charge in [0.05, 0.1) is 5.56 Å². The molecule has 0 saturated carbocycles. The van der Waals surface area contributed by atoms with E-state index >= 15 is 0 Å². The number of aromatic nitrogens is 1. The van der Waals surface area contributed by atoms with Gasteiger partial charge in [-0.15, -0.1) is 0 Å². The predicted molar refractivity (Wildman–Crippen MR) is 63.4 cm³/mol. The fourth-order valence-corrected chi connectivity index (χ4v) is 1.61. The fraction of sp³-hybridized carbons (Fsp3) is 0.583. The number of carbonyl (C=O) groups excluding carboxylic acids is 1. The maximum atomic E-state index is 12.0. The van der Waals surface area contributed by atoms with E-state index in [4.69, 9.17) is 5.11 Å². The molecule has 1 heterocycles. The van der Waals surface area contributed by atoms with Gasteiger partial charge in [-0.3, -0.25) is 4.79 Å². The first-order chi connectivity index (χ1) is 7.52. The van der Waals surface area contributed by atoms with Crippen LogP contribution in [0, 0.1) is 6.92 Å². The molecule has 16 heavy (non-hydrogen) atoms. The molecule has 1 unspecified atom stereocenters. The van der Waals surface area contributed by atoms with Crippen molar-refractivity contribution >= 4 is 5.91 Å². The standard InChI is InChI=1S/C12H20N2O2/c1-4-12(3,6-8-15)14-11(16)10-5-7-13-9(10)2/h5,7,13,15H,4,6,8H2,1-3H3,(H,14,16). The van der Waals surface area contributed by atoms with Crippen molar-refractivity contribution in [3.05, 3.63) is 23.5 Å². The third kappa shape index (κ3) is 2.85. The van der Waals surface area contributed by atoms with Crippen LogP contribution in [0.5, 0.6) is 0 Å². The number of nitrogens with one attached hydrogen (secondary N) is 2. The van der Waals surface area contributed by atoms with Crippen LogP contribution in [0.2, 0.25) is 0 Å². The first kappa shape index (κ1) is 12.8. The Bertz CT molecular complexity index is 360. The second-order valence-electron chi connectivity index (χ2n) is 4.36. The van der Waals surface area contributed by atoms with Crippen LogP contribution in [0.3, 0.4) is 0 Å². The molecule has 0 aliphatic carbocycles. The van der Waals surface area contributed by atoms with Crippen molar-refractivity contribution in [2.24, 2.45) is 0 Å². The predicted octanol–water partition coefficient (Wildman–Crippen LogP) is 1.60. The Morgan fingerprint density at radius 2 is 2.31 bits per heavy atom. The van der Waals surface area contributed by atoms with Crippen molar-refractivity contribution in [2.75, 3.05) is 6.61 Å². The Morgan fingerprint density at radius 3 is 2.75 bits per heavy atom. The molecule has 3 N–H and O–H groups in total. The van der Waals surface area contributed by atoms with Crippen LogP contribution in [0.15, 0.2) is 12.3 Å². The van der Waals surface area contributed by atoms with Crippen LogP contribution in [-0.2, 0) is 0 Å². The maximum absolute atomic E-state index is 12.0. The van der Waals surface area contributed by atoms with Gasteiger partial charge in [0.25, 0.3) is 5.91 Å². The molecule has 1 aromatic heterocycles. The van der Waals surface area contributed by atoms with Crippen LogP contribution in [0.4, 0.5) is 0 Å². The minimum absolute atomic E-state index is 0.0801. The lowest BCUT2D eigenvalue weighted by atomic mass is 9.94. The van der Waals surface area contributed by atoms with Gasteiger partial charge in [-0.25, -0.2) is 0 Å². The monoisotopic (exact) mass is 224 g/mol. The molecule has 0 radical (unpaired) electrons. The highest BCUT2D eigenvalue weighted by molar-refractivity contribution is 5.95. The molecule has 0 fully saturated rings. The highest BCUT2D eigenvalue weighted by atomic mass is 16.3. The van der Waals surface area contributed by atoms with E-state index in [9.17, 15) is 4.79 Å². The highest BCUT2D eigenvalue weighted by Gasteiger charge is 2.24. The molecule has 1 rings (SSSR count). The van der Waals surface area contributed by atoms with Crippen LogP contribution >= 0.6 is 0 Å². The summed E-state index contributed by atoms with van der Waals surface area (Å²) in [6.07, 6.45) is 3.11. The zero-order chi connectivity index (χ0) is 12.2. The number of amides is 1. The quantitative estimate of drug-likeness (QED) is 0.711. The second-order valence-corrected chi connectivity index (χ2v) is 4.36. The minimum Gasteiger partial charge on any atom is -0.396 e. The van der Waals surface area contributed by atoms with Gasteiger partial charge in [0.2, 0.25) is 0 Å². The van der Waals surface area contributed by atoms with Crippen molar-refractivity contribution in [1.82, 2.24) is 10.3 Å². The smallest absolute Gasteiger partial charge is 0.253 e. The van der Waals surface area contributed by atoms with E-state index in [1.165, 1.54) is 0 Å². The van der Waals surface area contributed by atoms with Crippen LogP contribution < -0.4 is 5.32 Å². The van der Waals surface area contributed by atoms with E-state index < -0.39 is 0 Å². The molecule has 1 amide bonds. The largest absolute Gasteiger partial charge is 0.396 e. The Hall–Kier alpha value is -1.29. The summed E-state index contributed by atoms with van der Waals surface area (Å²) < 4.78 is 0. The molecular formula is C12H20N2O2. The molecule has 90 valence electrons. The van der Waals surface area contributed by atoms with Gasteiger partial charge in [0.15, 0.2) is 0 Å². The van der Waals surface area contributed by atoms with Gasteiger partial charge in [-0.1, -0.05) is 6.92 Å². The number of aliphatic hydroxyl groups excluding tert-OH is 1. The zero-order valence-corrected chi connectivity index (χ0v) is 10.1. The van der Waals surface area contributed by atoms with E-state index in [-0.39, 0.29) is 18.1 Å². The van der Waals surface area contributed by atoms with E-state index in [2.05, 4.69) is 10.3 Å². The maximum Gasteiger partial charge on any atom is 0.253 e. The number of aryl methyl sites for hydroxylation is 1. The molecular weight excluding hydrogens is 204 g/mol. The number of aliphatic hydroxyl groups is 1. The molecule has 1 aromatic rings. The van der Waals surface area contributed by atoms with Crippen LogP contribution in [-0.4, -0.2) is 28.1 Å². The molecule has 0 aliphatic rings. The molecule has 1 atom stereocenters. The summed E-state index contributed by atoms with van der Waals surface area (Å²) in [6, 6.07) is 1.76. The Balaban J connectivity index is 2.73. The molecule has 0 saturated heterocycles. The fourth-order valence-electron chi connectivity index (χ4n) is 1.61. The SMILES string of the molecule is CCC(C)(CCO)NC(=O)c1cc[nH]c1C. The summed E-state index contributed by atoms with van der Waals surface area (Å²) in [5.74, 6) is -0.0865. The number of H-pyrrole nitrogens is 1. The van der Waals surface area contributed by atoms with Gasteiger partial charge in [0.1, 0.15) is 0 Å². The first-order valence-electron chi connectivity index (χ1n) is 5.60. The average molecular weight is 224 g/mol. The summed E-state index contributed by atoms with van der Waals surface area (Å²) >= 11 is 0. The van der Waals surface area contributed by atoms with E-state index in [1.807, 2.05) is 20.8 Å². The van der Waals surface area contributed by atoms with Crippen molar-refractivity contribution in [1.29, 1.82) is 0 Å². The number of rotatable bonds is 5. The minimum atomic E-state index is -0.338. The second kappa shape index (κ2) is 5.16. The zero-order valence-electron chi connectivity index (χ0n) is 10.1. The molecule has 0 aromatic carbocycles. The molecule has 4 heteroatoms. The van der Waals surface area contributed by atoms with Gasteiger partial charge in [0, 0.05) is 24.0 Å². The highest BCUT2D eigenvalue weighted by Crippen LogP contribution is 2.15. The third-order valence-corrected chi connectivity index (χ3v) is 3.06. The van der Waals surface area contributed by atoms with Gasteiger partial charge < -0.3 is 15.4 Å². The number of aromatic amines is 1. The molecule has 0 aliphatic heterocycles. The lowest BCUT2D eigenvalue weighted by molar-refractivity contribution is 0.0885. The van der Waals surface area contributed by atoms with Crippen molar-refractivity contribution in [3.63, 3.8) is 0 Å². The number of hydrogen-bond acceptors (Lipinski definition) is 2. The first-order valence-corrected chi connectivity index (χ1v) is 5.60. The van der Waals surface area contributed by atoms with Crippen molar-refractivity contribution in [3.8, 4) is 0 Å². The lowest BCUT2D eigenvalue weighted by Crippen LogP contribution is -2.46. The van der Waals surface area contributed by atoms with Crippen molar-refractivity contribution in [2.45, 2.75) is 39.2 Å². The van der Waals surface area contributed by atoms with E-state index in [0.717, 1.165) is 12.1 Å².